The summed E-state index contributed by atoms with van der Waals surface area (Å²) in [6, 6.07) is 8.04. The summed E-state index contributed by atoms with van der Waals surface area (Å²) in [6.07, 6.45) is 0. The fraction of sp³-hybridized carbons (Fsp3) is 0.364. The lowest BCUT2D eigenvalue weighted by Crippen LogP contribution is -2.16. The molecule has 2 rings (SSSR count). The normalized spacial score (nSPS) is 10.3. The quantitative estimate of drug-likeness (QED) is 0.590. The van der Waals surface area contributed by atoms with E-state index in [2.05, 4.69) is 5.32 Å². The van der Waals surface area contributed by atoms with Crippen molar-refractivity contribution in [3.63, 3.8) is 0 Å². The molecule has 2 aromatic rings. The van der Waals surface area contributed by atoms with Gasteiger partial charge in [0, 0.05) is 29.9 Å². The number of benzene rings is 2. The van der Waals surface area contributed by atoms with Crippen LogP contribution in [0.4, 0.5) is 5.69 Å². The van der Waals surface area contributed by atoms with Crippen molar-refractivity contribution in [1.82, 2.24) is 0 Å². The van der Waals surface area contributed by atoms with Crippen LogP contribution in [0.15, 0.2) is 30.3 Å². The number of methoxy groups -OCH3 is 3. The molecular formula is C22H27NO7. The summed E-state index contributed by atoms with van der Waals surface area (Å²) in [7, 11) is 4.18. The van der Waals surface area contributed by atoms with Gasteiger partial charge in [-0.15, -0.1) is 0 Å². The van der Waals surface area contributed by atoms with E-state index in [9.17, 15) is 9.59 Å². The van der Waals surface area contributed by atoms with E-state index in [0.29, 0.717) is 42.6 Å². The fourth-order valence-electron chi connectivity index (χ4n) is 2.80. The topological polar surface area (TPSA) is 92.3 Å². The van der Waals surface area contributed by atoms with Gasteiger partial charge in [-0.25, -0.2) is 4.79 Å². The van der Waals surface area contributed by atoms with Gasteiger partial charge < -0.3 is 29.0 Å². The van der Waals surface area contributed by atoms with Gasteiger partial charge in [-0.1, -0.05) is 0 Å². The monoisotopic (exact) mass is 417 g/mol. The van der Waals surface area contributed by atoms with E-state index >= 15 is 0 Å². The molecule has 2 aromatic carbocycles. The predicted molar refractivity (Wildman–Crippen MR) is 112 cm³/mol. The molecule has 0 aliphatic rings. The standard InChI is InChI=1S/C22H27NO7/c1-6-29-13-15-10-14(8-9-18(15)30-7-2)21(24)23-17-12-20(27-4)19(26-3)11-16(17)22(25)28-5/h8-12H,6-7,13H2,1-5H3,(H,23,24). The number of ether oxygens (including phenoxy) is 5. The smallest absolute Gasteiger partial charge is 0.340 e. The summed E-state index contributed by atoms with van der Waals surface area (Å²) < 4.78 is 26.4. The fourth-order valence-corrected chi connectivity index (χ4v) is 2.80. The van der Waals surface area contributed by atoms with Gasteiger partial charge in [0.15, 0.2) is 11.5 Å². The second kappa shape index (κ2) is 11.1. The maximum atomic E-state index is 12.9. The van der Waals surface area contributed by atoms with Gasteiger partial charge in [0.25, 0.3) is 5.91 Å². The van der Waals surface area contributed by atoms with Crippen LogP contribution in [0.5, 0.6) is 17.2 Å². The molecule has 162 valence electrons. The average Bonchev–Trinajstić information content (AvgIpc) is 2.77. The molecule has 0 aliphatic heterocycles. The molecule has 0 heterocycles. The molecule has 8 heteroatoms. The number of carbonyl (C=O) groups excluding carboxylic acids is 2. The van der Waals surface area contributed by atoms with Crippen LogP contribution < -0.4 is 19.5 Å². The van der Waals surface area contributed by atoms with Gasteiger partial charge in [-0.2, -0.15) is 0 Å². The maximum absolute atomic E-state index is 12.9. The van der Waals surface area contributed by atoms with Crippen LogP contribution in [0, 0.1) is 0 Å². The molecule has 1 amide bonds. The van der Waals surface area contributed by atoms with Crippen molar-refractivity contribution in [2.75, 3.05) is 39.9 Å². The van der Waals surface area contributed by atoms with Crippen molar-refractivity contribution < 1.29 is 33.3 Å². The minimum Gasteiger partial charge on any atom is -0.494 e. The van der Waals surface area contributed by atoms with Crippen LogP contribution in [-0.4, -0.2) is 46.4 Å². The van der Waals surface area contributed by atoms with Gasteiger partial charge >= 0.3 is 5.97 Å². The van der Waals surface area contributed by atoms with E-state index < -0.39 is 11.9 Å². The Morgan fingerprint density at radius 1 is 0.900 bits per heavy atom. The van der Waals surface area contributed by atoms with Crippen molar-refractivity contribution >= 4 is 17.6 Å². The van der Waals surface area contributed by atoms with Gasteiger partial charge in [0.1, 0.15) is 5.75 Å². The SMILES string of the molecule is CCOCc1cc(C(=O)Nc2cc(OC)c(OC)cc2C(=O)OC)ccc1OCC. The minimum absolute atomic E-state index is 0.143. The Morgan fingerprint density at radius 3 is 2.20 bits per heavy atom. The van der Waals surface area contributed by atoms with Crippen molar-refractivity contribution in [2.45, 2.75) is 20.5 Å². The van der Waals surface area contributed by atoms with Crippen LogP contribution in [0.2, 0.25) is 0 Å². The summed E-state index contributed by atoms with van der Waals surface area (Å²) >= 11 is 0. The first kappa shape index (κ1) is 23.0. The summed E-state index contributed by atoms with van der Waals surface area (Å²) in [5.74, 6) is 0.340. The van der Waals surface area contributed by atoms with Crippen LogP contribution in [0.1, 0.15) is 40.1 Å². The van der Waals surface area contributed by atoms with Gasteiger partial charge in [-0.3, -0.25) is 4.79 Å². The lowest BCUT2D eigenvalue weighted by molar-refractivity contribution is 0.0601. The summed E-state index contributed by atoms with van der Waals surface area (Å²) in [5, 5.41) is 2.75. The molecule has 0 aliphatic carbocycles. The highest BCUT2D eigenvalue weighted by Gasteiger charge is 2.20. The van der Waals surface area contributed by atoms with Gasteiger partial charge in [-0.05, 0) is 32.0 Å². The molecule has 0 fully saturated rings. The molecule has 0 aromatic heterocycles. The third-order valence-corrected chi connectivity index (χ3v) is 4.26. The van der Waals surface area contributed by atoms with Crippen LogP contribution >= 0.6 is 0 Å². The first-order chi connectivity index (χ1) is 14.5. The first-order valence-corrected chi connectivity index (χ1v) is 9.48. The highest BCUT2D eigenvalue weighted by molar-refractivity contribution is 6.08. The van der Waals surface area contributed by atoms with Crippen molar-refractivity contribution in [1.29, 1.82) is 0 Å². The molecule has 0 saturated heterocycles. The molecule has 0 saturated carbocycles. The Balaban J connectivity index is 2.39. The summed E-state index contributed by atoms with van der Waals surface area (Å²) in [6.45, 7) is 5.13. The molecule has 0 unspecified atom stereocenters. The van der Waals surface area contributed by atoms with E-state index in [-0.39, 0.29) is 11.3 Å². The molecule has 30 heavy (non-hydrogen) atoms. The van der Waals surface area contributed by atoms with Gasteiger partial charge in [0.05, 0.1) is 45.8 Å². The van der Waals surface area contributed by atoms with Crippen molar-refractivity contribution in [3.05, 3.63) is 47.0 Å². The Kier molecular flexibility index (Phi) is 8.49. The van der Waals surface area contributed by atoms with Crippen molar-refractivity contribution in [3.8, 4) is 17.2 Å². The average molecular weight is 417 g/mol. The number of anilines is 1. The summed E-state index contributed by atoms with van der Waals surface area (Å²) in [5.41, 5.74) is 1.53. The Hall–Kier alpha value is -3.26. The zero-order valence-corrected chi connectivity index (χ0v) is 17.9. The van der Waals surface area contributed by atoms with Crippen molar-refractivity contribution in [2.24, 2.45) is 0 Å². The Bertz CT molecular complexity index is 895. The van der Waals surface area contributed by atoms with E-state index in [0.717, 1.165) is 5.56 Å². The number of hydrogen-bond acceptors (Lipinski definition) is 7. The Labute approximate surface area is 176 Å². The van der Waals surface area contributed by atoms with Crippen LogP contribution in [0.25, 0.3) is 0 Å². The molecule has 1 N–H and O–H groups in total. The lowest BCUT2D eigenvalue weighted by atomic mass is 10.1. The second-order valence-electron chi connectivity index (χ2n) is 6.09. The van der Waals surface area contributed by atoms with E-state index in [1.54, 1.807) is 18.2 Å². The predicted octanol–water partition coefficient (Wildman–Crippen LogP) is 3.68. The maximum Gasteiger partial charge on any atom is 0.340 e. The number of hydrogen-bond donors (Lipinski definition) is 1. The number of nitrogens with one attached hydrogen (secondary N) is 1. The molecule has 0 atom stereocenters. The number of rotatable bonds is 10. The number of carbonyl (C=O) groups is 2. The third kappa shape index (κ3) is 5.42. The zero-order chi connectivity index (χ0) is 22.1. The van der Waals surface area contributed by atoms with E-state index in [4.69, 9.17) is 23.7 Å². The largest absolute Gasteiger partial charge is 0.494 e. The first-order valence-electron chi connectivity index (χ1n) is 9.48. The highest BCUT2D eigenvalue weighted by atomic mass is 16.5. The zero-order valence-electron chi connectivity index (χ0n) is 17.9. The minimum atomic E-state index is -0.616. The molecule has 0 spiro atoms. The van der Waals surface area contributed by atoms with Crippen LogP contribution in [0.3, 0.4) is 0 Å². The molecule has 8 nitrogen and oxygen atoms in total. The van der Waals surface area contributed by atoms with Crippen LogP contribution in [-0.2, 0) is 16.1 Å². The highest BCUT2D eigenvalue weighted by Crippen LogP contribution is 2.34. The Morgan fingerprint density at radius 2 is 1.60 bits per heavy atom. The lowest BCUT2D eigenvalue weighted by Gasteiger charge is -2.15. The third-order valence-electron chi connectivity index (χ3n) is 4.26. The number of amides is 1. The van der Waals surface area contributed by atoms with E-state index in [1.165, 1.54) is 33.5 Å². The second-order valence-corrected chi connectivity index (χ2v) is 6.09. The number of esters is 1. The summed E-state index contributed by atoms with van der Waals surface area (Å²) in [4.78, 5) is 25.1. The molecule has 0 radical (unpaired) electrons. The van der Waals surface area contributed by atoms with E-state index in [1.807, 2.05) is 13.8 Å². The molecule has 0 bridgehead atoms. The van der Waals surface area contributed by atoms with Gasteiger partial charge in [0.2, 0.25) is 0 Å². The molecular weight excluding hydrogens is 390 g/mol.